The summed E-state index contributed by atoms with van der Waals surface area (Å²) < 4.78 is 12.8. The molecule has 106 valence electrons. The van der Waals surface area contributed by atoms with Gasteiger partial charge in [-0.05, 0) is 24.3 Å². The van der Waals surface area contributed by atoms with Gasteiger partial charge in [-0.25, -0.2) is 4.98 Å². The van der Waals surface area contributed by atoms with Gasteiger partial charge in [0.1, 0.15) is 12.7 Å². The number of fused-ring (bicyclic) bond motifs is 2. The lowest BCUT2D eigenvalue weighted by Crippen LogP contribution is -2.35. The molecular weight excluding hydrogens is 284 g/mol. The predicted octanol–water partition coefficient (Wildman–Crippen LogP) is 3.55. The molecule has 4 nitrogen and oxygen atoms in total. The van der Waals surface area contributed by atoms with Gasteiger partial charge in [0.25, 0.3) is 0 Å². The molecule has 2 aromatic carbocycles. The number of hydrogen-bond donors (Lipinski definition) is 1. The van der Waals surface area contributed by atoms with Gasteiger partial charge in [-0.1, -0.05) is 35.6 Å². The van der Waals surface area contributed by atoms with Crippen LogP contribution in [0.5, 0.6) is 11.5 Å². The van der Waals surface area contributed by atoms with Crippen molar-refractivity contribution in [3.8, 4) is 11.5 Å². The normalized spacial score (nSPS) is 16.9. The maximum absolute atomic E-state index is 5.92. The van der Waals surface area contributed by atoms with Gasteiger partial charge < -0.3 is 14.8 Å². The van der Waals surface area contributed by atoms with Gasteiger partial charge in [0.05, 0.1) is 16.8 Å². The van der Waals surface area contributed by atoms with E-state index in [1.807, 2.05) is 42.5 Å². The predicted molar refractivity (Wildman–Crippen MR) is 84.5 cm³/mol. The third-order valence-electron chi connectivity index (χ3n) is 3.34. The van der Waals surface area contributed by atoms with E-state index in [1.165, 1.54) is 4.70 Å². The molecule has 5 heteroatoms. The Morgan fingerprint density at radius 3 is 2.81 bits per heavy atom. The number of para-hydroxylation sites is 3. The van der Waals surface area contributed by atoms with Crippen molar-refractivity contribution in [1.29, 1.82) is 0 Å². The molecule has 21 heavy (non-hydrogen) atoms. The Balaban J connectivity index is 1.43. The average molecular weight is 298 g/mol. The van der Waals surface area contributed by atoms with Crippen LogP contribution in [-0.4, -0.2) is 24.2 Å². The van der Waals surface area contributed by atoms with E-state index in [0.717, 1.165) is 22.1 Å². The number of aromatic nitrogens is 1. The number of benzene rings is 2. The number of nitrogens with one attached hydrogen (secondary N) is 1. The van der Waals surface area contributed by atoms with Gasteiger partial charge in [-0.2, -0.15) is 0 Å². The summed E-state index contributed by atoms with van der Waals surface area (Å²) in [4.78, 5) is 4.55. The summed E-state index contributed by atoms with van der Waals surface area (Å²) in [5.74, 6) is 1.62. The Morgan fingerprint density at radius 1 is 1.10 bits per heavy atom. The number of anilines is 1. The Bertz CT molecular complexity index is 739. The molecule has 1 atom stereocenters. The Labute approximate surface area is 126 Å². The third kappa shape index (κ3) is 2.52. The second kappa shape index (κ2) is 5.26. The quantitative estimate of drug-likeness (QED) is 0.803. The van der Waals surface area contributed by atoms with Crippen molar-refractivity contribution in [3.63, 3.8) is 0 Å². The largest absolute Gasteiger partial charge is 0.486 e. The van der Waals surface area contributed by atoms with E-state index in [9.17, 15) is 0 Å². The van der Waals surface area contributed by atoms with Gasteiger partial charge in [-0.15, -0.1) is 0 Å². The molecular formula is C16H14N2O2S. The number of ether oxygens (including phenoxy) is 2. The highest BCUT2D eigenvalue weighted by molar-refractivity contribution is 7.22. The minimum absolute atomic E-state index is 0.00749. The number of nitrogens with zero attached hydrogens (tertiary/aromatic N) is 1. The van der Waals surface area contributed by atoms with Gasteiger partial charge in [0, 0.05) is 0 Å². The van der Waals surface area contributed by atoms with Crippen LogP contribution in [0.3, 0.4) is 0 Å². The molecule has 0 aliphatic carbocycles. The van der Waals surface area contributed by atoms with Gasteiger partial charge in [0.15, 0.2) is 16.6 Å². The van der Waals surface area contributed by atoms with Crippen LogP contribution in [0.15, 0.2) is 48.5 Å². The summed E-state index contributed by atoms with van der Waals surface area (Å²) in [5, 5.41) is 4.25. The fourth-order valence-corrected chi connectivity index (χ4v) is 3.19. The van der Waals surface area contributed by atoms with Crippen LogP contribution in [0.2, 0.25) is 0 Å². The second-order valence-electron chi connectivity index (χ2n) is 4.87. The molecule has 1 aliphatic heterocycles. The molecule has 2 heterocycles. The van der Waals surface area contributed by atoms with Crippen molar-refractivity contribution in [1.82, 2.24) is 4.98 Å². The molecule has 3 aromatic rings. The molecule has 1 unspecified atom stereocenters. The van der Waals surface area contributed by atoms with E-state index < -0.39 is 0 Å². The third-order valence-corrected chi connectivity index (χ3v) is 4.34. The maximum atomic E-state index is 5.92. The molecule has 4 rings (SSSR count). The summed E-state index contributed by atoms with van der Waals surface area (Å²) in [6.07, 6.45) is -0.00749. The van der Waals surface area contributed by atoms with Crippen molar-refractivity contribution in [2.24, 2.45) is 0 Å². The zero-order chi connectivity index (χ0) is 14.1. The highest BCUT2D eigenvalue weighted by Gasteiger charge is 2.20. The van der Waals surface area contributed by atoms with E-state index in [1.54, 1.807) is 11.3 Å². The van der Waals surface area contributed by atoms with Crippen LogP contribution in [0.25, 0.3) is 10.2 Å². The van der Waals surface area contributed by atoms with Crippen LogP contribution in [-0.2, 0) is 0 Å². The Morgan fingerprint density at radius 2 is 1.90 bits per heavy atom. The molecule has 0 saturated heterocycles. The first-order chi connectivity index (χ1) is 10.4. The van der Waals surface area contributed by atoms with Crippen LogP contribution in [0, 0.1) is 0 Å². The van der Waals surface area contributed by atoms with Crippen LogP contribution < -0.4 is 14.8 Å². The molecule has 1 N–H and O–H groups in total. The summed E-state index contributed by atoms with van der Waals surface area (Å²) in [5.41, 5.74) is 1.02. The SMILES string of the molecule is c1ccc2c(c1)OCC(CNc1nc3ccccc3s1)O2. The molecule has 0 saturated carbocycles. The molecule has 0 radical (unpaired) electrons. The molecule has 0 fully saturated rings. The molecule has 1 aliphatic rings. The van der Waals surface area contributed by atoms with E-state index >= 15 is 0 Å². The zero-order valence-corrected chi connectivity index (χ0v) is 12.1. The summed E-state index contributed by atoms with van der Waals surface area (Å²) in [6, 6.07) is 15.9. The van der Waals surface area contributed by atoms with Gasteiger partial charge in [0.2, 0.25) is 0 Å². The van der Waals surface area contributed by atoms with Crippen molar-refractivity contribution in [2.45, 2.75) is 6.10 Å². The highest BCUT2D eigenvalue weighted by atomic mass is 32.1. The van der Waals surface area contributed by atoms with Gasteiger partial charge >= 0.3 is 0 Å². The number of hydrogen-bond acceptors (Lipinski definition) is 5. The topological polar surface area (TPSA) is 43.4 Å². The monoisotopic (exact) mass is 298 g/mol. The first-order valence-corrected chi connectivity index (χ1v) is 7.68. The standard InChI is InChI=1S/C16H14N2O2S/c1-4-8-15-12(5-1)18-16(21-15)17-9-11-10-19-13-6-2-3-7-14(13)20-11/h1-8,11H,9-10H2,(H,17,18). The van der Waals surface area contributed by atoms with Crippen LogP contribution in [0.4, 0.5) is 5.13 Å². The fourth-order valence-electron chi connectivity index (χ4n) is 2.31. The summed E-state index contributed by atoms with van der Waals surface area (Å²) >= 11 is 1.65. The first kappa shape index (κ1) is 12.5. The molecule has 0 spiro atoms. The lowest BCUT2D eigenvalue weighted by atomic mass is 10.2. The van der Waals surface area contributed by atoms with Crippen LogP contribution in [0.1, 0.15) is 0 Å². The molecule has 0 amide bonds. The van der Waals surface area contributed by atoms with Crippen molar-refractivity contribution in [3.05, 3.63) is 48.5 Å². The highest BCUT2D eigenvalue weighted by Crippen LogP contribution is 2.31. The lowest BCUT2D eigenvalue weighted by molar-refractivity contribution is 0.0997. The van der Waals surface area contributed by atoms with E-state index in [-0.39, 0.29) is 6.10 Å². The van der Waals surface area contributed by atoms with Crippen molar-refractivity contribution >= 4 is 26.7 Å². The van der Waals surface area contributed by atoms with Gasteiger partial charge in [-0.3, -0.25) is 0 Å². The Hall–Kier alpha value is -2.27. The van der Waals surface area contributed by atoms with E-state index in [2.05, 4.69) is 16.4 Å². The lowest BCUT2D eigenvalue weighted by Gasteiger charge is -2.26. The van der Waals surface area contributed by atoms with Crippen molar-refractivity contribution in [2.75, 3.05) is 18.5 Å². The molecule has 1 aromatic heterocycles. The van der Waals surface area contributed by atoms with E-state index in [4.69, 9.17) is 9.47 Å². The first-order valence-electron chi connectivity index (χ1n) is 6.86. The fraction of sp³-hybridized carbons (Fsp3) is 0.188. The van der Waals surface area contributed by atoms with Crippen molar-refractivity contribution < 1.29 is 9.47 Å². The number of thiazole rings is 1. The summed E-state index contributed by atoms with van der Waals surface area (Å²) in [6.45, 7) is 1.23. The Kier molecular flexibility index (Phi) is 3.12. The smallest absolute Gasteiger partial charge is 0.183 e. The van der Waals surface area contributed by atoms with Crippen LogP contribution >= 0.6 is 11.3 Å². The van der Waals surface area contributed by atoms with E-state index in [0.29, 0.717) is 13.2 Å². The number of rotatable bonds is 3. The average Bonchev–Trinajstić information content (AvgIpc) is 2.95. The molecule has 0 bridgehead atoms. The second-order valence-corrected chi connectivity index (χ2v) is 5.90. The minimum Gasteiger partial charge on any atom is -0.486 e. The minimum atomic E-state index is -0.00749. The summed E-state index contributed by atoms with van der Waals surface area (Å²) in [7, 11) is 0. The zero-order valence-electron chi connectivity index (χ0n) is 11.3. The maximum Gasteiger partial charge on any atom is 0.183 e.